The summed E-state index contributed by atoms with van der Waals surface area (Å²) in [6, 6.07) is 8.43. The van der Waals surface area contributed by atoms with E-state index in [-0.39, 0.29) is 11.8 Å². The lowest BCUT2D eigenvalue weighted by Crippen LogP contribution is -2.39. The van der Waals surface area contributed by atoms with Crippen molar-refractivity contribution >= 4 is 28.8 Å². The minimum atomic E-state index is 0.189. The number of benzene rings is 1. The Balaban J connectivity index is 1.06. The number of oxazole rings is 1. The molecule has 0 N–H and O–H groups in total. The molecule has 8 heteroatoms. The highest BCUT2D eigenvalue weighted by atomic mass is 32.2. The van der Waals surface area contributed by atoms with Crippen LogP contribution in [0.15, 0.2) is 33.8 Å². The van der Waals surface area contributed by atoms with E-state index in [2.05, 4.69) is 19.7 Å². The van der Waals surface area contributed by atoms with Gasteiger partial charge in [-0.25, -0.2) is 4.98 Å². The van der Waals surface area contributed by atoms with E-state index in [1.165, 1.54) is 25.7 Å². The zero-order valence-electron chi connectivity index (χ0n) is 16.9. The van der Waals surface area contributed by atoms with Crippen LogP contribution in [0.3, 0.4) is 0 Å². The van der Waals surface area contributed by atoms with Gasteiger partial charge in [-0.3, -0.25) is 4.79 Å². The first-order chi connectivity index (χ1) is 14.8. The molecule has 0 atom stereocenters. The first-order valence-electron chi connectivity index (χ1n) is 11.0. The number of para-hydroxylation sites is 2. The lowest BCUT2D eigenvalue weighted by molar-refractivity contribution is -0.129. The highest BCUT2D eigenvalue weighted by Gasteiger charge is 2.36. The molecule has 1 aromatic carbocycles. The minimum Gasteiger partial charge on any atom is -0.440 e. The summed E-state index contributed by atoms with van der Waals surface area (Å²) in [5.74, 6) is 3.45. The zero-order chi connectivity index (χ0) is 20.1. The van der Waals surface area contributed by atoms with Crippen LogP contribution in [0, 0.1) is 0 Å². The Kier molecular flexibility index (Phi) is 4.55. The summed E-state index contributed by atoms with van der Waals surface area (Å²) in [6.45, 7) is 1.51. The number of hydrogen-bond donors (Lipinski definition) is 0. The van der Waals surface area contributed by atoms with Gasteiger partial charge in [-0.1, -0.05) is 23.9 Å². The molecule has 1 amide bonds. The van der Waals surface area contributed by atoms with Gasteiger partial charge in [-0.05, 0) is 50.7 Å². The Labute approximate surface area is 179 Å². The molecule has 1 saturated heterocycles. The number of rotatable bonds is 6. The molecule has 156 valence electrons. The van der Waals surface area contributed by atoms with Crippen LogP contribution in [0.5, 0.6) is 0 Å². The van der Waals surface area contributed by atoms with Gasteiger partial charge in [0.05, 0.1) is 5.75 Å². The standard InChI is InChI=1S/C22H25N5O2S/c28-19(13-30-22-25-24-20(14-5-6-14)27(22)16-7-8-16)26-11-9-15(10-12-26)21-23-17-3-1-2-4-18(17)29-21/h1-4,14-16H,5-13H2. The highest BCUT2D eigenvalue weighted by molar-refractivity contribution is 7.99. The molecule has 0 unspecified atom stereocenters. The second kappa shape index (κ2) is 7.41. The zero-order valence-corrected chi connectivity index (χ0v) is 17.7. The largest absolute Gasteiger partial charge is 0.440 e. The number of thioether (sulfide) groups is 1. The minimum absolute atomic E-state index is 0.189. The van der Waals surface area contributed by atoms with Crippen molar-refractivity contribution in [1.29, 1.82) is 0 Å². The van der Waals surface area contributed by atoms with Gasteiger partial charge in [0.2, 0.25) is 5.91 Å². The number of nitrogens with zero attached hydrogens (tertiary/aromatic N) is 5. The van der Waals surface area contributed by atoms with Crippen LogP contribution in [-0.2, 0) is 4.79 Å². The van der Waals surface area contributed by atoms with Gasteiger partial charge in [-0.2, -0.15) is 0 Å². The summed E-state index contributed by atoms with van der Waals surface area (Å²) in [4.78, 5) is 19.4. The van der Waals surface area contributed by atoms with E-state index in [0.29, 0.717) is 17.7 Å². The van der Waals surface area contributed by atoms with Crippen LogP contribution in [0.4, 0.5) is 0 Å². The third-order valence-electron chi connectivity index (χ3n) is 6.38. The molecule has 2 saturated carbocycles. The Bertz CT molecular complexity index is 1040. The van der Waals surface area contributed by atoms with Crippen molar-refractivity contribution in [1.82, 2.24) is 24.6 Å². The molecule has 3 aliphatic rings. The lowest BCUT2D eigenvalue weighted by atomic mass is 9.97. The maximum Gasteiger partial charge on any atom is 0.233 e. The molecule has 2 aromatic heterocycles. The molecule has 0 radical (unpaired) electrons. The molecule has 2 aliphatic carbocycles. The first-order valence-corrected chi connectivity index (χ1v) is 12.0. The van der Waals surface area contributed by atoms with Crippen molar-refractivity contribution in [3.8, 4) is 0 Å². The topological polar surface area (TPSA) is 77.1 Å². The van der Waals surface area contributed by atoms with Crippen LogP contribution < -0.4 is 0 Å². The third kappa shape index (κ3) is 3.51. The number of amides is 1. The number of hydrogen-bond acceptors (Lipinski definition) is 6. The van der Waals surface area contributed by atoms with E-state index in [1.807, 2.05) is 29.2 Å². The van der Waals surface area contributed by atoms with Gasteiger partial charge in [0.15, 0.2) is 16.6 Å². The maximum absolute atomic E-state index is 12.8. The van der Waals surface area contributed by atoms with Crippen LogP contribution in [0.1, 0.15) is 68.1 Å². The number of carbonyl (C=O) groups is 1. The summed E-state index contributed by atoms with van der Waals surface area (Å²) in [7, 11) is 0. The van der Waals surface area contributed by atoms with Crippen molar-refractivity contribution in [3.05, 3.63) is 36.0 Å². The molecule has 0 spiro atoms. The molecule has 0 bridgehead atoms. The van der Waals surface area contributed by atoms with Gasteiger partial charge in [0.1, 0.15) is 11.3 Å². The van der Waals surface area contributed by atoms with Crippen molar-refractivity contribution < 1.29 is 9.21 Å². The summed E-state index contributed by atoms with van der Waals surface area (Å²) < 4.78 is 8.25. The average molecular weight is 424 g/mol. The summed E-state index contributed by atoms with van der Waals surface area (Å²) in [6.07, 6.45) is 6.67. The fourth-order valence-electron chi connectivity index (χ4n) is 4.34. The molecular weight excluding hydrogens is 398 g/mol. The molecule has 3 fully saturated rings. The molecule has 30 heavy (non-hydrogen) atoms. The van der Waals surface area contributed by atoms with E-state index in [4.69, 9.17) is 4.42 Å². The van der Waals surface area contributed by atoms with Crippen molar-refractivity contribution in [2.75, 3.05) is 18.8 Å². The van der Waals surface area contributed by atoms with E-state index in [9.17, 15) is 4.79 Å². The summed E-state index contributed by atoms with van der Waals surface area (Å²) >= 11 is 1.55. The van der Waals surface area contributed by atoms with Crippen LogP contribution >= 0.6 is 11.8 Å². The number of fused-ring (bicyclic) bond motifs is 1. The number of piperidine rings is 1. The Morgan fingerprint density at radius 1 is 1.03 bits per heavy atom. The lowest BCUT2D eigenvalue weighted by Gasteiger charge is -2.30. The number of carbonyl (C=O) groups excluding carboxylic acids is 1. The average Bonchev–Trinajstić information content (AvgIpc) is 3.72. The Morgan fingerprint density at radius 2 is 1.83 bits per heavy atom. The maximum atomic E-state index is 12.8. The second-order valence-corrected chi connectivity index (χ2v) is 9.62. The fourth-order valence-corrected chi connectivity index (χ4v) is 5.26. The van der Waals surface area contributed by atoms with Crippen molar-refractivity contribution in [2.24, 2.45) is 0 Å². The highest BCUT2D eigenvalue weighted by Crippen LogP contribution is 2.46. The van der Waals surface area contributed by atoms with Crippen LogP contribution in [0.2, 0.25) is 0 Å². The fraction of sp³-hybridized carbons (Fsp3) is 0.545. The first kappa shape index (κ1) is 18.4. The molecule has 6 rings (SSSR count). The monoisotopic (exact) mass is 423 g/mol. The van der Waals surface area contributed by atoms with Gasteiger partial charge >= 0.3 is 0 Å². The van der Waals surface area contributed by atoms with E-state index in [0.717, 1.165) is 53.9 Å². The molecule has 1 aliphatic heterocycles. The smallest absolute Gasteiger partial charge is 0.233 e. The Morgan fingerprint density at radius 3 is 2.57 bits per heavy atom. The number of likely N-dealkylation sites (tertiary alicyclic amines) is 1. The number of aromatic nitrogens is 4. The molecule has 3 heterocycles. The third-order valence-corrected chi connectivity index (χ3v) is 7.31. The quantitative estimate of drug-likeness (QED) is 0.555. The predicted octanol–water partition coefficient (Wildman–Crippen LogP) is 4.13. The van der Waals surface area contributed by atoms with Crippen LogP contribution in [-0.4, -0.2) is 49.4 Å². The second-order valence-electron chi connectivity index (χ2n) is 8.68. The summed E-state index contributed by atoms with van der Waals surface area (Å²) in [5, 5.41) is 9.78. The molecule has 3 aromatic rings. The Hall–Kier alpha value is -2.35. The van der Waals surface area contributed by atoms with Crippen molar-refractivity contribution in [2.45, 2.75) is 61.6 Å². The van der Waals surface area contributed by atoms with E-state index >= 15 is 0 Å². The van der Waals surface area contributed by atoms with Gasteiger partial charge in [0.25, 0.3) is 0 Å². The predicted molar refractivity (Wildman–Crippen MR) is 114 cm³/mol. The van der Waals surface area contributed by atoms with Crippen LogP contribution in [0.25, 0.3) is 11.1 Å². The van der Waals surface area contributed by atoms with Gasteiger partial charge in [0, 0.05) is 31.0 Å². The molecule has 7 nitrogen and oxygen atoms in total. The normalized spacial score (nSPS) is 20.2. The van der Waals surface area contributed by atoms with Crippen molar-refractivity contribution in [3.63, 3.8) is 0 Å². The SMILES string of the molecule is O=C(CSc1nnc(C2CC2)n1C1CC1)N1CCC(c2nc3ccccc3o2)CC1. The van der Waals surface area contributed by atoms with E-state index < -0.39 is 0 Å². The molecular formula is C22H25N5O2S. The van der Waals surface area contributed by atoms with E-state index in [1.54, 1.807) is 11.8 Å². The summed E-state index contributed by atoms with van der Waals surface area (Å²) in [5.41, 5.74) is 1.75. The van der Waals surface area contributed by atoms with Gasteiger partial charge < -0.3 is 13.9 Å². The van der Waals surface area contributed by atoms with Gasteiger partial charge in [-0.15, -0.1) is 10.2 Å².